The number of rotatable bonds is 9. The van der Waals surface area contributed by atoms with Crippen LogP contribution in [0.15, 0.2) is 54.2 Å². The molecule has 7 rings (SSSR count). The molecule has 0 aromatic heterocycles. The molecule has 3 aromatic rings. The number of carbonyl (C=O) groups is 2. The number of hydrogen-bond acceptors (Lipinski definition) is 6. The van der Waals surface area contributed by atoms with Crippen LogP contribution in [0.5, 0.6) is 17.2 Å². The number of nitrogens with one attached hydrogen (secondary N) is 1. The van der Waals surface area contributed by atoms with E-state index < -0.39 is 5.41 Å². The van der Waals surface area contributed by atoms with Crippen molar-refractivity contribution in [3.05, 3.63) is 65.9 Å². The number of aryl methyl sites for hydroxylation is 1. The number of benzene rings is 3. The van der Waals surface area contributed by atoms with Crippen molar-refractivity contribution in [1.29, 1.82) is 0 Å². The summed E-state index contributed by atoms with van der Waals surface area (Å²) in [4.78, 5) is 32.2. The van der Waals surface area contributed by atoms with E-state index in [-0.39, 0.29) is 28.9 Å². The molecule has 212 valence electrons. The van der Waals surface area contributed by atoms with Crippen molar-refractivity contribution >= 4 is 52.3 Å². The molecule has 41 heavy (non-hydrogen) atoms. The quantitative estimate of drug-likeness (QED) is 0.242. The fourth-order valence-corrected chi connectivity index (χ4v) is 7.47. The van der Waals surface area contributed by atoms with Crippen LogP contribution >= 0.6 is 11.6 Å². The lowest BCUT2D eigenvalue weighted by molar-refractivity contribution is -0.215. The Bertz CT molecular complexity index is 1610. The third-order valence-electron chi connectivity index (χ3n) is 8.96. The number of aliphatic imine (C=N–C) groups is 1. The maximum Gasteiger partial charge on any atom is 0.257 e. The fraction of sp³-hybridized carbons (Fsp3) is 0.344. The molecular weight excluding hydrogens is 542 g/mol. The van der Waals surface area contributed by atoms with Gasteiger partial charge in [-0.05, 0) is 61.7 Å². The molecule has 1 aliphatic heterocycles. The highest BCUT2D eigenvalue weighted by Gasteiger charge is 2.72. The van der Waals surface area contributed by atoms with Crippen molar-refractivity contribution in [3.8, 4) is 17.2 Å². The number of carbonyl (C=O) groups excluding carboxylic acids is 2. The number of amides is 2. The number of phenols is 1. The van der Waals surface area contributed by atoms with Crippen molar-refractivity contribution in [2.75, 3.05) is 31.0 Å². The molecule has 1 atom stereocenters. The van der Waals surface area contributed by atoms with Gasteiger partial charge in [0, 0.05) is 41.3 Å². The van der Waals surface area contributed by atoms with Gasteiger partial charge in [0.2, 0.25) is 5.91 Å². The average Bonchev–Trinajstić information content (AvgIpc) is 3.29. The molecule has 0 spiro atoms. The van der Waals surface area contributed by atoms with Crippen molar-refractivity contribution in [1.82, 2.24) is 5.32 Å². The molecule has 3 fully saturated rings. The number of hydrogen-bond donors (Lipinski definition) is 2. The Morgan fingerprint density at radius 2 is 2.00 bits per heavy atom. The first-order valence-corrected chi connectivity index (χ1v) is 14.1. The number of fused-ring (bicyclic) bond motifs is 3. The smallest absolute Gasteiger partial charge is 0.257 e. The van der Waals surface area contributed by atoms with Crippen LogP contribution in [0.2, 0.25) is 0 Å². The Morgan fingerprint density at radius 3 is 2.66 bits per heavy atom. The molecule has 9 heteroatoms. The Labute approximate surface area is 243 Å². The lowest BCUT2D eigenvalue weighted by atomic mass is 9.35. The van der Waals surface area contributed by atoms with E-state index in [1.807, 2.05) is 30.0 Å². The molecular formula is C32H32ClN3O5. The molecule has 3 aromatic carbocycles. The lowest BCUT2D eigenvalue weighted by Crippen LogP contribution is -2.70. The molecule has 3 aliphatic carbocycles. The SMILES string of the molecule is C=CNC(=O)c1cc(OC)c(OCC23CC(C(=O)N4C[C@@H](CCl)c5c4cc(O)c4cccc(C)c54)(C2)C3)cc1N=C. The number of phenolic OH excluding ortho intramolecular Hbond substituents is 1. The highest BCUT2D eigenvalue weighted by atomic mass is 35.5. The molecule has 1 heterocycles. The van der Waals surface area contributed by atoms with Crippen LogP contribution in [0, 0.1) is 17.8 Å². The van der Waals surface area contributed by atoms with Crippen LogP contribution in [-0.4, -0.2) is 49.8 Å². The molecule has 4 aliphatic rings. The van der Waals surface area contributed by atoms with Crippen LogP contribution in [0.1, 0.15) is 46.7 Å². The van der Waals surface area contributed by atoms with Crippen molar-refractivity contribution < 1.29 is 24.2 Å². The number of halogens is 1. The second-order valence-electron chi connectivity index (χ2n) is 11.5. The minimum atomic E-state index is -0.428. The van der Waals surface area contributed by atoms with E-state index in [0.717, 1.165) is 46.8 Å². The minimum absolute atomic E-state index is 0.00104. The van der Waals surface area contributed by atoms with Crippen LogP contribution in [0.25, 0.3) is 10.8 Å². The van der Waals surface area contributed by atoms with E-state index in [9.17, 15) is 14.7 Å². The fourth-order valence-electron chi connectivity index (χ4n) is 7.22. The van der Waals surface area contributed by atoms with Crippen LogP contribution in [-0.2, 0) is 4.79 Å². The summed E-state index contributed by atoms with van der Waals surface area (Å²) < 4.78 is 11.7. The van der Waals surface area contributed by atoms with Crippen molar-refractivity contribution in [3.63, 3.8) is 0 Å². The van der Waals surface area contributed by atoms with Crippen LogP contribution in [0.4, 0.5) is 11.4 Å². The van der Waals surface area contributed by atoms with Crippen molar-refractivity contribution in [2.45, 2.75) is 32.1 Å². The van der Waals surface area contributed by atoms with Gasteiger partial charge in [0.25, 0.3) is 5.91 Å². The third-order valence-corrected chi connectivity index (χ3v) is 9.33. The summed E-state index contributed by atoms with van der Waals surface area (Å²) in [7, 11) is 1.51. The zero-order valence-corrected chi connectivity index (χ0v) is 23.9. The van der Waals surface area contributed by atoms with Gasteiger partial charge in [-0.1, -0.05) is 24.8 Å². The van der Waals surface area contributed by atoms with Gasteiger partial charge in [0.1, 0.15) is 5.75 Å². The Balaban J connectivity index is 1.19. The molecule has 3 saturated carbocycles. The first-order chi connectivity index (χ1) is 19.7. The number of aromatic hydroxyl groups is 1. The summed E-state index contributed by atoms with van der Waals surface area (Å²) in [5.41, 5.74) is 3.02. The first kappa shape index (κ1) is 27.1. The molecule has 2 bridgehead atoms. The number of nitrogens with zero attached hydrogens (tertiary/aromatic N) is 2. The number of methoxy groups -OCH3 is 1. The largest absolute Gasteiger partial charge is 0.507 e. The van der Waals surface area contributed by atoms with Gasteiger partial charge < -0.3 is 24.8 Å². The Morgan fingerprint density at radius 1 is 1.24 bits per heavy atom. The van der Waals surface area contributed by atoms with Gasteiger partial charge in [0.05, 0.1) is 36.1 Å². The second kappa shape index (κ2) is 9.80. The Hall–Kier alpha value is -4.04. The van der Waals surface area contributed by atoms with Gasteiger partial charge >= 0.3 is 0 Å². The zero-order chi connectivity index (χ0) is 29.1. The van der Waals surface area contributed by atoms with E-state index in [1.165, 1.54) is 13.3 Å². The predicted octanol–water partition coefficient (Wildman–Crippen LogP) is 5.99. The van der Waals surface area contributed by atoms with Crippen LogP contribution < -0.4 is 19.7 Å². The molecule has 8 nitrogen and oxygen atoms in total. The van der Waals surface area contributed by atoms with E-state index in [2.05, 4.69) is 23.6 Å². The summed E-state index contributed by atoms with van der Waals surface area (Å²) in [5, 5.41) is 15.2. The number of alkyl halides is 1. The standard InChI is InChI=1S/C32H32ClN3O5/c1-5-35-29(38)21-9-25(40-4)26(10-22(21)34-3)41-17-31-14-32(15-31,16-31)30(39)36-13-19(12-33)28-23(36)11-24(37)20-8-6-7-18(2)27(20)28/h5-11,19,37H,1,3,12-17H2,2,4H3,(H,35,38)/t19-,31?,32?/m1/s1. The highest BCUT2D eigenvalue weighted by molar-refractivity contribution is 6.19. The second-order valence-corrected chi connectivity index (χ2v) is 11.9. The van der Waals surface area contributed by atoms with E-state index >= 15 is 0 Å². The summed E-state index contributed by atoms with van der Waals surface area (Å²) in [5.74, 6) is 1.16. The topological polar surface area (TPSA) is 100 Å². The maximum absolute atomic E-state index is 14.0. The summed E-state index contributed by atoms with van der Waals surface area (Å²) in [6.45, 7) is 10.0. The van der Waals surface area contributed by atoms with Crippen molar-refractivity contribution in [2.24, 2.45) is 15.8 Å². The van der Waals surface area contributed by atoms with E-state index in [4.69, 9.17) is 21.1 Å². The van der Waals surface area contributed by atoms with E-state index in [1.54, 1.807) is 18.2 Å². The first-order valence-electron chi connectivity index (χ1n) is 13.6. The lowest BCUT2D eigenvalue weighted by Gasteiger charge is -2.69. The summed E-state index contributed by atoms with van der Waals surface area (Å²) >= 11 is 6.42. The molecule has 0 radical (unpaired) electrons. The predicted molar refractivity (Wildman–Crippen MR) is 160 cm³/mol. The zero-order valence-electron chi connectivity index (χ0n) is 23.1. The third kappa shape index (κ3) is 4.07. The summed E-state index contributed by atoms with van der Waals surface area (Å²) in [6, 6.07) is 10.8. The molecule has 2 N–H and O–H groups in total. The highest BCUT2D eigenvalue weighted by Crippen LogP contribution is 2.74. The van der Waals surface area contributed by atoms with Gasteiger partial charge in [-0.15, -0.1) is 11.6 Å². The molecule has 2 amide bonds. The minimum Gasteiger partial charge on any atom is -0.507 e. The molecule has 0 saturated heterocycles. The Kier molecular flexibility index (Phi) is 6.49. The molecule has 0 unspecified atom stereocenters. The number of anilines is 1. The normalized spacial score (nSPS) is 23.7. The van der Waals surface area contributed by atoms with Gasteiger partial charge in [0.15, 0.2) is 11.5 Å². The average molecular weight is 574 g/mol. The van der Waals surface area contributed by atoms with E-state index in [0.29, 0.717) is 41.8 Å². The van der Waals surface area contributed by atoms with Gasteiger partial charge in [-0.3, -0.25) is 14.6 Å². The summed E-state index contributed by atoms with van der Waals surface area (Å²) in [6.07, 6.45) is 3.48. The number of ether oxygens (including phenoxy) is 2. The monoisotopic (exact) mass is 573 g/mol. The van der Waals surface area contributed by atoms with Gasteiger partial charge in [-0.2, -0.15) is 0 Å². The maximum atomic E-state index is 14.0. The van der Waals surface area contributed by atoms with Gasteiger partial charge in [-0.25, -0.2) is 0 Å². The van der Waals surface area contributed by atoms with Crippen LogP contribution in [0.3, 0.4) is 0 Å².